The summed E-state index contributed by atoms with van der Waals surface area (Å²) in [5.74, 6) is -0.733. The number of aliphatic hydroxyl groups excluding tert-OH is 1. The Morgan fingerprint density at radius 3 is 2.44 bits per heavy atom. The van der Waals surface area contributed by atoms with E-state index < -0.39 is 5.92 Å². The second-order valence-electron chi connectivity index (χ2n) is 4.25. The van der Waals surface area contributed by atoms with Crippen molar-refractivity contribution in [2.24, 2.45) is 11.8 Å². The Labute approximate surface area is 97.9 Å². The third-order valence-electron chi connectivity index (χ3n) is 2.53. The Kier molecular flexibility index (Phi) is 7.57. The normalized spacial score (nSPS) is 12.2. The van der Waals surface area contributed by atoms with Gasteiger partial charge in [0, 0.05) is 13.1 Å². The number of rotatable bonds is 7. The molecule has 0 saturated heterocycles. The van der Waals surface area contributed by atoms with Crippen molar-refractivity contribution in [3.63, 3.8) is 0 Å². The predicted molar refractivity (Wildman–Crippen MR) is 62.5 cm³/mol. The smallest absolute Gasteiger partial charge is 0.240 e. The molecule has 92 valence electrons. The Morgan fingerprint density at radius 1 is 1.44 bits per heavy atom. The van der Waals surface area contributed by atoms with Crippen LogP contribution in [0.15, 0.2) is 0 Å². The van der Waals surface area contributed by atoms with Crippen LogP contribution in [0.1, 0.15) is 33.6 Å². The molecule has 0 aliphatic rings. The maximum atomic E-state index is 12.0. The zero-order chi connectivity index (χ0) is 12.6. The van der Waals surface area contributed by atoms with Crippen LogP contribution in [0.2, 0.25) is 0 Å². The summed E-state index contributed by atoms with van der Waals surface area (Å²) in [5, 5.41) is 17.9. The largest absolute Gasteiger partial charge is 0.395 e. The fourth-order valence-electron chi connectivity index (χ4n) is 1.49. The average Bonchev–Trinajstić information content (AvgIpc) is 2.24. The minimum absolute atomic E-state index is 0.0142. The maximum Gasteiger partial charge on any atom is 0.240 e. The quantitative estimate of drug-likeness (QED) is 0.713. The molecule has 0 aromatic carbocycles. The van der Waals surface area contributed by atoms with Crippen molar-refractivity contribution < 1.29 is 9.90 Å². The van der Waals surface area contributed by atoms with E-state index in [4.69, 9.17) is 10.4 Å². The highest BCUT2D eigenvalue weighted by Gasteiger charge is 2.26. The third-order valence-corrected chi connectivity index (χ3v) is 2.53. The van der Waals surface area contributed by atoms with Gasteiger partial charge in [-0.3, -0.25) is 4.79 Å². The molecule has 1 amide bonds. The molecule has 1 atom stereocenters. The highest BCUT2D eigenvalue weighted by molar-refractivity contribution is 5.81. The van der Waals surface area contributed by atoms with Gasteiger partial charge in [0.05, 0.1) is 12.7 Å². The first-order chi connectivity index (χ1) is 7.58. The van der Waals surface area contributed by atoms with Gasteiger partial charge in [-0.15, -0.1) is 0 Å². The van der Waals surface area contributed by atoms with E-state index in [9.17, 15) is 4.79 Å². The van der Waals surface area contributed by atoms with Crippen molar-refractivity contribution in [3.05, 3.63) is 0 Å². The molecule has 1 unspecified atom stereocenters. The van der Waals surface area contributed by atoms with Gasteiger partial charge >= 0.3 is 0 Å². The van der Waals surface area contributed by atoms with Crippen molar-refractivity contribution in [1.29, 1.82) is 5.26 Å². The van der Waals surface area contributed by atoms with Gasteiger partial charge in [-0.25, -0.2) is 0 Å². The highest BCUT2D eigenvalue weighted by Crippen LogP contribution is 2.13. The first-order valence-corrected chi connectivity index (χ1v) is 5.87. The SMILES string of the molecule is CCCCN(CCO)C(=O)C(C#N)C(C)C. The molecule has 0 aromatic rings. The van der Waals surface area contributed by atoms with Crippen LogP contribution in [0.25, 0.3) is 0 Å². The van der Waals surface area contributed by atoms with Crippen molar-refractivity contribution in [2.45, 2.75) is 33.6 Å². The molecule has 0 spiro atoms. The van der Waals surface area contributed by atoms with E-state index in [0.29, 0.717) is 13.1 Å². The van der Waals surface area contributed by atoms with Crippen molar-refractivity contribution in [3.8, 4) is 6.07 Å². The number of hydrogen-bond acceptors (Lipinski definition) is 3. The number of aliphatic hydroxyl groups is 1. The lowest BCUT2D eigenvalue weighted by Crippen LogP contribution is -2.40. The lowest BCUT2D eigenvalue weighted by Gasteiger charge is -2.25. The van der Waals surface area contributed by atoms with Crippen molar-refractivity contribution in [2.75, 3.05) is 19.7 Å². The molecule has 1 N–H and O–H groups in total. The van der Waals surface area contributed by atoms with E-state index in [1.165, 1.54) is 0 Å². The summed E-state index contributed by atoms with van der Waals surface area (Å²) in [6.45, 7) is 6.67. The molecule has 16 heavy (non-hydrogen) atoms. The number of unbranched alkanes of at least 4 members (excludes halogenated alkanes) is 1. The van der Waals surface area contributed by atoms with E-state index >= 15 is 0 Å². The standard InChI is InChI=1S/C12H22N2O2/c1-4-5-6-14(7-8-15)12(16)11(9-13)10(2)3/h10-11,15H,4-8H2,1-3H3. The summed E-state index contributed by atoms with van der Waals surface area (Å²) in [7, 11) is 0. The lowest BCUT2D eigenvalue weighted by atomic mass is 9.96. The fourth-order valence-corrected chi connectivity index (χ4v) is 1.49. The second-order valence-corrected chi connectivity index (χ2v) is 4.25. The predicted octanol–water partition coefficient (Wildman–Crippen LogP) is 1.40. The topological polar surface area (TPSA) is 64.3 Å². The molecule has 0 aliphatic heterocycles. The zero-order valence-electron chi connectivity index (χ0n) is 10.4. The monoisotopic (exact) mass is 226 g/mol. The molecule has 0 aromatic heterocycles. The van der Waals surface area contributed by atoms with E-state index in [0.717, 1.165) is 12.8 Å². The molecule has 0 fully saturated rings. The van der Waals surface area contributed by atoms with Gasteiger partial charge in [0.15, 0.2) is 0 Å². The first-order valence-electron chi connectivity index (χ1n) is 5.87. The van der Waals surface area contributed by atoms with Crippen LogP contribution < -0.4 is 0 Å². The summed E-state index contributed by atoms with van der Waals surface area (Å²) >= 11 is 0. The Hall–Kier alpha value is -1.08. The number of carbonyl (C=O) groups excluding carboxylic acids is 1. The number of carbonyl (C=O) groups is 1. The average molecular weight is 226 g/mol. The van der Waals surface area contributed by atoms with E-state index in [1.807, 2.05) is 26.8 Å². The van der Waals surface area contributed by atoms with Crippen LogP contribution in [0.3, 0.4) is 0 Å². The summed E-state index contributed by atoms with van der Waals surface area (Å²) in [6.07, 6.45) is 1.90. The molecule has 4 heteroatoms. The van der Waals surface area contributed by atoms with Gasteiger partial charge in [0.25, 0.3) is 0 Å². The van der Waals surface area contributed by atoms with Gasteiger partial charge in [0.2, 0.25) is 5.91 Å². The second kappa shape index (κ2) is 8.12. The van der Waals surface area contributed by atoms with Crippen LogP contribution in [0, 0.1) is 23.2 Å². The first kappa shape index (κ1) is 14.9. The molecule has 0 aliphatic carbocycles. The molecule has 0 bridgehead atoms. The third kappa shape index (κ3) is 4.63. The van der Waals surface area contributed by atoms with Crippen molar-refractivity contribution >= 4 is 5.91 Å². The molecular formula is C12H22N2O2. The van der Waals surface area contributed by atoms with E-state index in [2.05, 4.69) is 0 Å². The van der Waals surface area contributed by atoms with Crippen molar-refractivity contribution in [1.82, 2.24) is 4.90 Å². The molecule has 0 heterocycles. The highest BCUT2D eigenvalue weighted by atomic mass is 16.3. The molecular weight excluding hydrogens is 204 g/mol. The lowest BCUT2D eigenvalue weighted by molar-refractivity contribution is -0.135. The molecule has 0 saturated carbocycles. The number of hydrogen-bond donors (Lipinski definition) is 1. The van der Waals surface area contributed by atoms with Crippen LogP contribution in [0.5, 0.6) is 0 Å². The minimum Gasteiger partial charge on any atom is -0.395 e. The minimum atomic E-state index is -0.594. The van der Waals surface area contributed by atoms with Crippen LogP contribution in [0.4, 0.5) is 0 Å². The van der Waals surface area contributed by atoms with Gasteiger partial charge in [-0.1, -0.05) is 27.2 Å². The number of nitrogens with zero attached hydrogens (tertiary/aromatic N) is 2. The van der Waals surface area contributed by atoms with Gasteiger partial charge in [-0.2, -0.15) is 5.26 Å². The molecule has 0 rings (SSSR count). The Balaban J connectivity index is 4.52. The number of nitriles is 1. The van der Waals surface area contributed by atoms with E-state index in [1.54, 1.807) is 4.90 Å². The van der Waals surface area contributed by atoms with Gasteiger partial charge in [0.1, 0.15) is 5.92 Å². The Bertz CT molecular complexity index is 246. The van der Waals surface area contributed by atoms with Gasteiger partial charge < -0.3 is 10.0 Å². The van der Waals surface area contributed by atoms with E-state index in [-0.39, 0.29) is 18.4 Å². The summed E-state index contributed by atoms with van der Waals surface area (Å²) in [6, 6.07) is 2.04. The van der Waals surface area contributed by atoms with Crippen LogP contribution in [-0.2, 0) is 4.79 Å². The summed E-state index contributed by atoms with van der Waals surface area (Å²) in [5.41, 5.74) is 0. The number of amides is 1. The van der Waals surface area contributed by atoms with Crippen LogP contribution >= 0.6 is 0 Å². The van der Waals surface area contributed by atoms with Gasteiger partial charge in [-0.05, 0) is 12.3 Å². The maximum absolute atomic E-state index is 12.0. The molecule has 4 nitrogen and oxygen atoms in total. The van der Waals surface area contributed by atoms with Crippen LogP contribution in [-0.4, -0.2) is 35.6 Å². The zero-order valence-corrected chi connectivity index (χ0v) is 10.4. The Morgan fingerprint density at radius 2 is 2.06 bits per heavy atom. The summed E-state index contributed by atoms with van der Waals surface area (Å²) < 4.78 is 0. The summed E-state index contributed by atoms with van der Waals surface area (Å²) in [4.78, 5) is 13.6. The molecule has 0 radical (unpaired) electrons. The fraction of sp³-hybridized carbons (Fsp3) is 0.833.